The van der Waals surface area contributed by atoms with Crippen molar-refractivity contribution in [1.82, 2.24) is 0 Å². The van der Waals surface area contributed by atoms with Crippen molar-refractivity contribution in [3.05, 3.63) is 33.4 Å². The summed E-state index contributed by atoms with van der Waals surface area (Å²) in [5.41, 5.74) is 5.22. The van der Waals surface area contributed by atoms with Crippen molar-refractivity contribution in [2.75, 3.05) is 18.0 Å². The van der Waals surface area contributed by atoms with E-state index < -0.39 is 16.8 Å². The van der Waals surface area contributed by atoms with Crippen LogP contribution in [0.25, 0.3) is 0 Å². The van der Waals surface area contributed by atoms with Crippen LogP contribution in [0.3, 0.4) is 0 Å². The zero-order chi connectivity index (χ0) is 15.4. The zero-order valence-corrected chi connectivity index (χ0v) is 11.1. The van der Waals surface area contributed by atoms with Gasteiger partial charge in [-0.1, -0.05) is 0 Å². The summed E-state index contributed by atoms with van der Waals surface area (Å²) in [6, 6.07) is 2.30. The van der Waals surface area contributed by atoms with Gasteiger partial charge in [-0.3, -0.25) is 14.9 Å². The molecule has 0 heterocycles. The smallest absolute Gasteiger partial charge is 0.336 e. The molecule has 8 nitrogen and oxygen atoms in total. The molecule has 0 aliphatic carbocycles. The third-order valence-corrected chi connectivity index (χ3v) is 2.87. The van der Waals surface area contributed by atoms with E-state index in [1.165, 1.54) is 17.9 Å². The summed E-state index contributed by atoms with van der Waals surface area (Å²) in [5.74, 6) is -1.88. The number of nitro groups is 1. The van der Waals surface area contributed by atoms with Gasteiger partial charge in [-0.25, -0.2) is 4.79 Å². The molecule has 1 aromatic rings. The first-order valence-corrected chi connectivity index (χ1v) is 5.83. The Morgan fingerprint density at radius 3 is 2.45 bits per heavy atom. The van der Waals surface area contributed by atoms with Gasteiger partial charge in [0.1, 0.15) is 0 Å². The maximum atomic E-state index is 11.0. The normalized spacial score (nSPS) is 10.1. The maximum absolute atomic E-state index is 11.0. The molecule has 0 radical (unpaired) electrons. The molecule has 108 valence electrons. The van der Waals surface area contributed by atoms with Crippen LogP contribution in [0.1, 0.15) is 22.8 Å². The quantitative estimate of drug-likeness (QED) is 0.589. The second-order valence-electron chi connectivity index (χ2n) is 4.18. The molecule has 0 fully saturated rings. The minimum absolute atomic E-state index is 0.141. The number of amides is 1. The Kier molecular flexibility index (Phi) is 4.63. The van der Waals surface area contributed by atoms with Crippen LogP contribution in [0.15, 0.2) is 12.1 Å². The number of nitrogens with zero attached hydrogens (tertiary/aromatic N) is 2. The maximum Gasteiger partial charge on any atom is 0.336 e. The van der Waals surface area contributed by atoms with Gasteiger partial charge in [-0.05, 0) is 19.9 Å². The number of benzene rings is 1. The van der Waals surface area contributed by atoms with Crippen LogP contribution < -0.4 is 10.6 Å². The Balaban J connectivity index is 3.46. The summed E-state index contributed by atoms with van der Waals surface area (Å²) in [6.07, 6.45) is 0. The summed E-state index contributed by atoms with van der Waals surface area (Å²) in [4.78, 5) is 33.9. The molecule has 20 heavy (non-hydrogen) atoms. The molecule has 3 N–H and O–H groups in total. The van der Waals surface area contributed by atoms with Crippen molar-refractivity contribution < 1.29 is 19.6 Å². The minimum atomic E-state index is -1.27. The predicted octanol–water partition coefficient (Wildman–Crippen LogP) is 0.913. The number of carbonyl (C=O) groups is 2. The molecule has 1 aromatic carbocycles. The fraction of sp³-hybridized carbons (Fsp3) is 0.333. The van der Waals surface area contributed by atoms with Gasteiger partial charge in [0, 0.05) is 18.3 Å². The SMILES string of the molecule is CCN(CC(N)=O)c1cc(C(=O)O)cc([N+](=O)[O-])c1C. The Morgan fingerprint density at radius 2 is 2.05 bits per heavy atom. The van der Waals surface area contributed by atoms with Crippen molar-refractivity contribution in [3.8, 4) is 0 Å². The molecule has 0 aromatic heterocycles. The van der Waals surface area contributed by atoms with E-state index in [1.807, 2.05) is 0 Å². The predicted molar refractivity (Wildman–Crippen MR) is 71.9 cm³/mol. The van der Waals surface area contributed by atoms with Gasteiger partial charge in [0.2, 0.25) is 5.91 Å². The molecule has 0 saturated heterocycles. The number of carboxylic acid groups (broad SMARTS) is 1. The topological polar surface area (TPSA) is 127 Å². The number of primary amides is 1. The van der Waals surface area contributed by atoms with E-state index in [-0.39, 0.29) is 17.8 Å². The molecular weight excluding hydrogens is 266 g/mol. The molecule has 8 heteroatoms. The number of nitro benzene ring substituents is 1. The van der Waals surface area contributed by atoms with Crippen LogP contribution in [0.2, 0.25) is 0 Å². The van der Waals surface area contributed by atoms with Gasteiger partial charge >= 0.3 is 5.97 Å². The largest absolute Gasteiger partial charge is 0.478 e. The standard InChI is InChI=1S/C12H15N3O5/c1-3-14(6-11(13)16)9-4-8(12(17)18)5-10(7(9)2)15(19)20/h4-5H,3,6H2,1-2H3,(H2,13,16)(H,17,18). The molecule has 0 unspecified atom stereocenters. The number of likely N-dealkylation sites (N-methyl/N-ethyl adjacent to an activating group) is 1. The molecule has 0 spiro atoms. The van der Waals surface area contributed by atoms with E-state index in [0.717, 1.165) is 6.07 Å². The Labute approximate surface area is 114 Å². The van der Waals surface area contributed by atoms with E-state index in [0.29, 0.717) is 17.8 Å². The lowest BCUT2D eigenvalue weighted by Gasteiger charge is -2.23. The lowest BCUT2D eigenvalue weighted by molar-refractivity contribution is -0.385. The van der Waals surface area contributed by atoms with Gasteiger partial charge in [0.05, 0.1) is 22.6 Å². The highest BCUT2D eigenvalue weighted by atomic mass is 16.6. The zero-order valence-electron chi connectivity index (χ0n) is 11.1. The van der Waals surface area contributed by atoms with Crippen LogP contribution in [0.5, 0.6) is 0 Å². The minimum Gasteiger partial charge on any atom is -0.478 e. The van der Waals surface area contributed by atoms with E-state index in [9.17, 15) is 19.7 Å². The van der Waals surface area contributed by atoms with E-state index in [1.54, 1.807) is 6.92 Å². The fourth-order valence-corrected chi connectivity index (χ4v) is 1.88. The van der Waals surface area contributed by atoms with Crippen LogP contribution in [-0.2, 0) is 4.79 Å². The second kappa shape index (κ2) is 6.00. The Morgan fingerprint density at radius 1 is 1.45 bits per heavy atom. The van der Waals surface area contributed by atoms with Crippen molar-refractivity contribution in [3.63, 3.8) is 0 Å². The van der Waals surface area contributed by atoms with Gasteiger partial charge in [-0.15, -0.1) is 0 Å². The molecule has 0 aliphatic rings. The van der Waals surface area contributed by atoms with Gasteiger partial charge in [0.15, 0.2) is 0 Å². The number of rotatable bonds is 6. The molecule has 0 aliphatic heterocycles. The summed E-state index contributed by atoms with van der Waals surface area (Å²) >= 11 is 0. The van der Waals surface area contributed by atoms with Crippen LogP contribution >= 0.6 is 0 Å². The average Bonchev–Trinajstić information content (AvgIpc) is 2.35. The Bertz CT molecular complexity index is 570. The molecular formula is C12H15N3O5. The van der Waals surface area contributed by atoms with E-state index in [2.05, 4.69) is 0 Å². The first kappa shape index (κ1) is 15.4. The molecule has 0 atom stereocenters. The van der Waals surface area contributed by atoms with Crippen molar-refractivity contribution in [2.45, 2.75) is 13.8 Å². The number of hydrogen-bond donors (Lipinski definition) is 2. The van der Waals surface area contributed by atoms with Gasteiger partial charge in [-0.2, -0.15) is 0 Å². The number of carbonyl (C=O) groups excluding carboxylic acids is 1. The highest BCUT2D eigenvalue weighted by molar-refractivity contribution is 5.91. The van der Waals surface area contributed by atoms with E-state index in [4.69, 9.17) is 10.8 Å². The summed E-state index contributed by atoms with van der Waals surface area (Å²) in [5, 5.41) is 20.0. The first-order valence-electron chi connectivity index (χ1n) is 5.83. The number of nitrogens with two attached hydrogens (primary N) is 1. The summed E-state index contributed by atoms with van der Waals surface area (Å²) < 4.78 is 0. The summed E-state index contributed by atoms with van der Waals surface area (Å²) in [7, 11) is 0. The highest BCUT2D eigenvalue weighted by Crippen LogP contribution is 2.30. The first-order chi connectivity index (χ1) is 9.27. The molecule has 0 saturated carbocycles. The summed E-state index contributed by atoms with van der Waals surface area (Å²) in [6.45, 7) is 3.46. The van der Waals surface area contributed by atoms with Crippen LogP contribution in [0, 0.1) is 17.0 Å². The number of aromatic carboxylic acids is 1. The molecule has 0 bridgehead atoms. The third-order valence-electron chi connectivity index (χ3n) is 2.87. The lowest BCUT2D eigenvalue weighted by Crippen LogP contribution is -2.34. The van der Waals surface area contributed by atoms with Gasteiger partial charge < -0.3 is 15.7 Å². The number of hydrogen-bond acceptors (Lipinski definition) is 5. The van der Waals surface area contributed by atoms with E-state index >= 15 is 0 Å². The molecule has 1 amide bonds. The van der Waals surface area contributed by atoms with Crippen molar-refractivity contribution in [1.29, 1.82) is 0 Å². The fourth-order valence-electron chi connectivity index (χ4n) is 1.88. The van der Waals surface area contributed by atoms with Crippen LogP contribution in [-0.4, -0.2) is 35.0 Å². The van der Waals surface area contributed by atoms with Crippen molar-refractivity contribution >= 4 is 23.3 Å². The second-order valence-corrected chi connectivity index (χ2v) is 4.18. The molecule has 1 rings (SSSR count). The average molecular weight is 281 g/mol. The highest BCUT2D eigenvalue weighted by Gasteiger charge is 2.22. The lowest BCUT2D eigenvalue weighted by atomic mass is 10.1. The van der Waals surface area contributed by atoms with Gasteiger partial charge in [0.25, 0.3) is 5.69 Å². The third kappa shape index (κ3) is 3.22. The van der Waals surface area contributed by atoms with Crippen molar-refractivity contribution in [2.24, 2.45) is 5.73 Å². The van der Waals surface area contributed by atoms with Crippen LogP contribution in [0.4, 0.5) is 11.4 Å². The number of anilines is 1. The monoisotopic (exact) mass is 281 g/mol. The Hall–Kier alpha value is -2.64. The number of carboxylic acids is 1.